The number of rotatable bonds is 5. The molecule has 2 N–H and O–H groups in total. The highest BCUT2D eigenvalue weighted by molar-refractivity contribution is 5.18. The molecule has 0 saturated carbocycles. The minimum atomic E-state index is 0.151. The van der Waals surface area contributed by atoms with Gasteiger partial charge in [0.2, 0.25) is 0 Å². The highest BCUT2D eigenvalue weighted by atomic mass is 16.5. The van der Waals surface area contributed by atoms with Crippen molar-refractivity contribution in [2.75, 3.05) is 6.61 Å². The molecule has 94 valence electrons. The first-order chi connectivity index (χ1) is 8.27. The van der Waals surface area contributed by atoms with Crippen LogP contribution in [0.5, 0.6) is 0 Å². The average molecular weight is 233 g/mol. The third-order valence-corrected chi connectivity index (χ3v) is 3.77. The van der Waals surface area contributed by atoms with Crippen LogP contribution in [0.2, 0.25) is 0 Å². The number of hydrogen-bond donors (Lipinski definition) is 1. The van der Waals surface area contributed by atoms with Crippen molar-refractivity contribution >= 4 is 0 Å². The molecular weight excluding hydrogens is 210 g/mol. The van der Waals surface area contributed by atoms with Crippen LogP contribution < -0.4 is 5.73 Å². The molecule has 1 aliphatic heterocycles. The predicted molar refractivity (Wildman–Crippen MR) is 70.7 cm³/mol. The van der Waals surface area contributed by atoms with E-state index in [0.29, 0.717) is 12.0 Å². The van der Waals surface area contributed by atoms with Gasteiger partial charge in [-0.15, -0.1) is 0 Å². The summed E-state index contributed by atoms with van der Waals surface area (Å²) in [5.41, 5.74) is 7.53. The maximum atomic E-state index is 6.28. The van der Waals surface area contributed by atoms with Gasteiger partial charge in [0, 0.05) is 12.6 Å². The van der Waals surface area contributed by atoms with E-state index in [1.807, 2.05) is 6.07 Å². The third-order valence-electron chi connectivity index (χ3n) is 3.77. The van der Waals surface area contributed by atoms with Crippen molar-refractivity contribution in [1.29, 1.82) is 0 Å². The lowest BCUT2D eigenvalue weighted by atomic mass is 9.90. The van der Waals surface area contributed by atoms with E-state index in [1.165, 1.54) is 18.4 Å². The highest BCUT2D eigenvalue weighted by Gasteiger charge is 2.19. The number of nitrogens with two attached hydrogens (primary N) is 1. The topological polar surface area (TPSA) is 35.2 Å². The molecular formula is C15H23NO. The van der Waals surface area contributed by atoms with Crippen molar-refractivity contribution in [2.24, 2.45) is 11.7 Å². The van der Waals surface area contributed by atoms with Gasteiger partial charge in [-0.25, -0.2) is 0 Å². The van der Waals surface area contributed by atoms with E-state index in [1.54, 1.807) is 0 Å². The van der Waals surface area contributed by atoms with Crippen LogP contribution in [0.3, 0.4) is 0 Å². The van der Waals surface area contributed by atoms with Gasteiger partial charge in [0.05, 0.1) is 6.10 Å². The lowest BCUT2D eigenvalue weighted by Crippen LogP contribution is -2.20. The van der Waals surface area contributed by atoms with Gasteiger partial charge < -0.3 is 10.5 Å². The predicted octanol–water partition coefficient (Wildman–Crippen LogP) is 3.28. The van der Waals surface area contributed by atoms with Gasteiger partial charge in [-0.1, -0.05) is 37.3 Å². The van der Waals surface area contributed by atoms with Crippen molar-refractivity contribution in [3.05, 3.63) is 35.9 Å². The molecule has 2 heteroatoms. The fourth-order valence-electron chi connectivity index (χ4n) is 2.50. The Balaban J connectivity index is 1.80. The van der Waals surface area contributed by atoms with Crippen LogP contribution in [0.15, 0.2) is 30.3 Å². The molecule has 0 aromatic heterocycles. The van der Waals surface area contributed by atoms with Crippen molar-refractivity contribution < 1.29 is 4.74 Å². The van der Waals surface area contributed by atoms with E-state index in [9.17, 15) is 0 Å². The lowest BCUT2D eigenvalue weighted by molar-refractivity contribution is 0.0976. The molecule has 2 rings (SSSR count). The molecule has 1 aliphatic rings. The molecule has 1 fully saturated rings. The Kier molecular flexibility index (Phi) is 4.57. The standard InChI is InChI=1S/C15H23NO/c1-12(9-10-14-8-5-11-17-14)15(16)13-6-3-2-4-7-13/h2-4,6-7,12,14-15H,5,8-11,16H2,1H3. The Bertz CT molecular complexity index is 319. The van der Waals surface area contributed by atoms with Gasteiger partial charge in [-0.05, 0) is 37.2 Å². The van der Waals surface area contributed by atoms with Gasteiger partial charge in [0.25, 0.3) is 0 Å². The Morgan fingerprint density at radius 2 is 2.12 bits per heavy atom. The molecule has 0 aliphatic carbocycles. The Labute approximate surface area is 104 Å². The molecule has 2 nitrogen and oxygen atoms in total. The zero-order chi connectivity index (χ0) is 12.1. The first-order valence-corrected chi connectivity index (χ1v) is 6.69. The molecule has 1 aromatic carbocycles. The monoisotopic (exact) mass is 233 g/mol. The molecule has 0 bridgehead atoms. The van der Waals surface area contributed by atoms with Crippen LogP contribution in [0.4, 0.5) is 0 Å². The van der Waals surface area contributed by atoms with Gasteiger partial charge in [-0.2, -0.15) is 0 Å². The summed E-state index contributed by atoms with van der Waals surface area (Å²) in [5.74, 6) is 0.515. The van der Waals surface area contributed by atoms with Crippen LogP contribution in [-0.4, -0.2) is 12.7 Å². The largest absolute Gasteiger partial charge is 0.378 e. The second kappa shape index (κ2) is 6.18. The molecule has 17 heavy (non-hydrogen) atoms. The molecule has 0 radical (unpaired) electrons. The smallest absolute Gasteiger partial charge is 0.0576 e. The van der Waals surface area contributed by atoms with E-state index < -0.39 is 0 Å². The van der Waals surface area contributed by atoms with Crippen LogP contribution >= 0.6 is 0 Å². The average Bonchev–Trinajstić information content (AvgIpc) is 2.89. The summed E-state index contributed by atoms with van der Waals surface area (Å²) in [6.07, 6.45) is 5.25. The summed E-state index contributed by atoms with van der Waals surface area (Å²) >= 11 is 0. The molecule has 0 amide bonds. The molecule has 0 spiro atoms. The van der Waals surface area contributed by atoms with E-state index in [0.717, 1.165) is 19.4 Å². The summed E-state index contributed by atoms with van der Waals surface area (Å²) in [6.45, 7) is 3.19. The SMILES string of the molecule is CC(CCC1CCCO1)C(N)c1ccccc1. The first-order valence-electron chi connectivity index (χ1n) is 6.69. The zero-order valence-electron chi connectivity index (χ0n) is 10.6. The Hall–Kier alpha value is -0.860. The van der Waals surface area contributed by atoms with E-state index in [2.05, 4.69) is 31.2 Å². The maximum Gasteiger partial charge on any atom is 0.0576 e. The van der Waals surface area contributed by atoms with Gasteiger partial charge in [0.15, 0.2) is 0 Å². The quantitative estimate of drug-likeness (QED) is 0.847. The summed E-state index contributed by atoms with van der Waals surface area (Å²) in [5, 5.41) is 0. The van der Waals surface area contributed by atoms with Crippen molar-refractivity contribution in [3.8, 4) is 0 Å². The van der Waals surface area contributed by atoms with Gasteiger partial charge >= 0.3 is 0 Å². The molecule has 1 aromatic rings. The summed E-state index contributed by atoms with van der Waals surface area (Å²) in [6, 6.07) is 10.5. The van der Waals surface area contributed by atoms with Crippen LogP contribution in [0.25, 0.3) is 0 Å². The van der Waals surface area contributed by atoms with E-state index in [-0.39, 0.29) is 6.04 Å². The zero-order valence-corrected chi connectivity index (χ0v) is 10.6. The molecule has 1 saturated heterocycles. The summed E-state index contributed by atoms with van der Waals surface area (Å²) in [4.78, 5) is 0. The van der Waals surface area contributed by atoms with E-state index in [4.69, 9.17) is 10.5 Å². The second-order valence-corrected chi connectivity index (χ2v) is 5.13. The lowest BCUT2D eigenvalue weighted by Gasteiger charge is -2.21. The van der Waals surface area contributed by atoms with Crippen LogP contribution in [0, 0.1) is 5.92 Å². The molecule has 3 unspecified atom stereocenters. The number of hydrogen-bond acceptors (Lipinski definition) is 2. The Morgan fingerprint density at radius 1 is 1.35 bits per heavy atom. The van der Waals surface area contributed by atoms with Crippen molar-refractivity contribution in [3.63, 3.8) is 0 Å². The molecule has 3 atom stereocenters. The third kappa shape index (κ3) is 3.55. The van der Waals surface area contributed by atoms with Crippen LogP contribution in [-0.2, 0) is 4.74 Å². The van der Waals surface area contributed by atoms with Gasteiger partial charge in [0.1, 0.15) is 0 Å². The number of ether oxygens (including phenoxy) is 1. The minimum absolute atomic E-state index is 0.151. The second-order valence-electron chi connectivity index (χ2n) is 5.13. The van der Waals surface area contributed by atoms with Crippen molar-refractivity contribution in [2.45, 2.75) is 44.8 Å². The van der Waals surface area contributed by atoms with E-state index >= 15 is 0 Å². The van der Waals surface area contributed by atoms with Crippen LogP contribution in [0.1, 0.15) is 44.2 Å². The molecule has 1 heterocycles. The summed E-state index contributed by atoms with van der Waals surface area (Å²) < 4.78 is 5.65. The minimum Gasteiger partial charge on any atom is -0.378 e. The fourth-order valence-corrected chi connectivity index (χ4v) is 2.50. The van der Waals surface area contributed by atoms with Gasteiger partial charge in [-0.3, -0.25) is 0 Å². The van der Waals surface area contributed by atoms with Crippen molar-refractivity contribution in [1.82, 2.24) is 0 Å². The normalized spacial score (nSPS) is 23.5. The maximum absolute atomic E-state index is 6.28. The fraction of sp³-hybridized carbons (Fsp3) is 0.600. The highest BCUT2D eigenvalue weighted by Crippen LogP contribution is 2.26. The summed E-state index contributed by atoms with van der Waals surface area (Å²) in [7, 11) is 0. The Morgan fingerprint density at radius 3 is 2.76 bits per heavy atom. The first kappa shape index (κ1) is 12.6. The number of benzene rings is 1.